The summed E-state index contributed by atoms with van der Waals surface area (Å²) in [6.45, 7) is 0. The Morgan fingerprint density at radius 2 is 2.00 bits per heavy atom. The van der Waals surface area contributed by atoms with E-state index in [1.807, 2.05) is 0 Å². The first kappa shape index (κ1) is 11.0. The van der Waals surface area contributed by atoms with Gasteiger partial charge in [-0.15, -0.1) is 0 Å². The van der Waals surface area contributed by atoms with Crippen molar-refractivity contribution in [1.82, 2.24) is 10.6 Å². The molecule has 1 aliphatic carbocycles. The number of carboxylic acids is 1. The van der Waals surface area contributed by atoms with Crippen LogP contribution in [0.4, 0.5) is 0 Å². The molecule has 3 N–H and O–H groups in total. The minimum atomic E-state index is -0.892. The Morgan fingerprint density at radius 1 is 1.24 bits per heavy atom. The molecule has 5 nitrogen and oxygen atoms in total. The second-order valence-corrected chi connectivity index (χ2v) is 5.55. The van der Waals surface area contributed by atoms with Crippen LogP contribution in [-0.4, -0.2) is 35.1 Å². The molecule has 17 heavy (non-hydrogen) atoms. The molecule has 2 bridgehead atoms. The quantitative estimate of drug-likeness (QED) is 0.649. The van der Waals surface area contributed by atoms with Crippen LogP contribution in [-0.2, 0) is 9.59 Å². The average Bonchev–Trinajstić information content (AvgIpc) is 2.90. The third-order valence-corrected chi connectivity index (χ3v) is 4.29. The van der Waals surface area contributed by atoms with E-state index in [4.69, 9.17) is 5.11 Å². The number of hydrogen-bond donors (Lipinski definition) is 3. The van der Waals surface area contributed by atoms with Crippen molar-refractivity contribution >= 4 is 11.9 Å². The van der Waals surface area contributed by atoms with Gasteiger partial charge in [-0.1, -0.05) is 0 Å². The summed E-state index contributed by atoms with van der Waals surface area (Å²) < 4.78 is 0. The standard InChI is InChI=1S/C12H18N2O3/c15-11(8-5-7-3-4-9(8)13-7)14-10(12(16)17)6-1-2-6/h6-10,13H,1-5H2,(H,14,15)(H,16,17). The molecule has 0 aromatic rings. The largest absolute Gasteiger partial charge is 0.480 e. The van der Waals surface area contributed by atoms with Crippen LogP contribution in [0.3, 0.4) is 0 Å². The van der Waals surface area contributed by atoms with Crippen molar-refractivity contribution in [1.29, 1.82) is 0 Å². The highest BCUT2D eigenvalue weighted by Gasteiger charge is 2.45. The molecule has 3 aliphatic rings. The van der Waals surface area contributed by atoms with Crippen molar-refractivity contribution in [3.8, 4) is 0 Å². The summed E-state index contributed by atoms with van der Waals surface area (Å²) in [4.78, 5) is 23.1. The number of carbonyl (C=O) groups excluding carboxylic acids is 1. The van der Waals surface area contributed by atoms with Crippen LogP contribution in [0.2, 0.25) is 0 Å². The zero-order valence-electron chi connectivity index (χ0n) is 9.69. The van der Waals surface area contributed by atoms with Crippen molar-refractivity contribution in [3.63, 3.8) is 0 Å². The number of carbonyl (C=O) groups is 2. The van der Waals surface area contributed by atoms with Gasteiger partial charge < -0.3 is 15.7 Å². The molecule has 0 radical (unpaired) electrons. The first-order valence-electron chi connectivity index (χ1n) is 6.44. The SMILES string of the molecule is O=C(NC(C(=O)O)C1CC1)C1CC2CCC1N2. The maximum atomic E-state index is 12.1. The highest BCUT2D eigenvalue weighted by Crippen LogP contribution is 2.35. The summed E-state index contributed by atoms with van der Waals surface area (Å²) in [7, 11) is 0. The summed E-state index contributed by atoms with van der Waals surface area (Å²) in [5, 5.41) is 15.2. The summed E-state index contributed by atoms with van der Waals surface area (Å²) in [6, 6.07) is 0.0789. The van der Waals surface area contributed by atoms with E-state index < -0.39 is 12.0 Å². The van der Waals surface area contributed by atoms with Gasteiger partial charge in [0.05, 0.1) is 5.92 Å². The minimum absolute atomic E-state index is 0.0191. The van der Waals surface area contributed by atoms with Crippen LogP contribution in [0, 0.1) is 11.8 Å². The predicted molar refractivity (Wildman–Crippen MR) is 60.3 cm³/mol. The second kappa shape index (κ2) is 3.98. The number of nitrogens with one attached hydrogen (secondary N) is 2. The monoisotopic (exact) mass is 238 g/mol. The van der Waals surface area contributed by atoms with E-state index in [1.165, 1.54) is 0 Å². The Morgan fingerprint density at radius 3 is 2.47 bits per heavy atom. The van der Waals surface area contributed by atoms with Crippen molar-refractivity contribution < 1.29 is 14.7 Å². The fourth-order valence-electron chi connectivity index (χ4n) is 3.19. The van der Waals surface area contributed by atoms with Gasteiger partial charge >= 0.3 is 5.97 Å². The van der Waals surface area contributed by atoms with E-state index in [0.29, 0.717) is 6.04 Å². The van der Waals surface area contributed by atoms with Crippen LogP contribution in [0.5, 0.6) is 0 Å². The zero-order chi connectivity index (χ0) is 12.0. The molecule has 0 aromatic heterocycles. The topological polar surface area (TPSA) is 78.4 Å². The Hall–Kier alpha value is -1.10. The fourth-order valence-corrected chi connectivity index (χ4v) is 3.19. The van der Waals surface area contributed by atoms with Crippen LogP contribution >= 0.6 is 0 Å². The molecule has 2 aliphatic heterocycles. The number of fused-ring (bicyclic) bond motifs is 2. The zero-order valence-corrected chi connectivity index (χ0v) is 9.69. The molecule has 5 heteroatoms. The number of hydrogen-bond acceptors (Lipinski definition) is 3. The van der Waals surface area contributed by atoms with E-state index >= 15 is 0 Å². The Kier molecular flexibility index (Phi) is 2.58. The van der Waals surface area contributed by atoms with Gasteiger partial charge in [-0.2, -0.15) is 0 Å². The molecule has 0 aromatic carbocycles. The molecular formula is C12H18N2O3. The molecule has 2 saturated heterocycles. The number of carboxylic acid groups (broad SMARTS) is 1. The van der Waals surface area contributed by atoms with Gasteiger partial charge in [-0.25, -0.2) is 4.79 Å². The molecule has 4 unspecified atom stereocenters. The van der Waals surface area contributed by atoms with Crippen LogP contribution in [0.25, 0.3) is 0 Å². The van der Waals surface area contributed by atoms with Crippen LogP contribution in [0.15, 0.2) is 0 Å². The molecule has 94 valence electrons. The molecule has 3 fully saturated rings. The summed E-state index contributed by atoms with van der Waals surface area (Å²) in [5.41, 5.74) is 0. The lowest BCUT2D eigenvalue weighted by atomic mass is 9.88. The molecule has 4 atom stereocenters. The molecule has 0 spiro atoms. The van der Waals surface area contributed by atoms with E-state index in [1.54, 1.807) is 0 Å². The summed E-state index contributed by atoms with van der Waals surface area (Å²) >= 11 is 0. The molecule has 2 heterocycles. The first-order valence-corrected chi connectivity index (χ1v) is 6.44. The van der Waals surface area contributed by atoms with Crippen molar-refractivity contribution in [2.45, 2.75) is 50.2 Å². The van der Waals surface area contributed by atoms with E-state index in [9.17, 15) is 9.59 Å². The lowest BCUT2D eigenvalue weighted by Crippen LogP contribution is -2.47. The predicted octanol–water partition coefficient (Wildman–Crippen LogP) is 0.106. The summed E-state index contributed by atoms with van der Waals surface area (Å²) in [5.74, 6) is -0.821. The number of aliphatic carboxylic acids is 1. The molecule has 1 amide bonds. The van der Waals surface area contributed by atoms with Gasteiger partial charge in [0.25, 0.3) is 0 Å². The van der Waals surface area contributed by atoms with Crippen LogP contribution < -0.4 is 10.6 Å². The fraction of sp³-hybridized carbons (Fsp3) is 0.833. The third kappa shape index (κ3) is 2.04. The minimum Gasteiger partial charge on any atom is -0.480 e. The summed E-state index contributed by atoms with van der Waals surface area (Å²) in [6.07, 6.45) is 4.91. The maximum absolute atomic E-state index is 12.1. The van der Waals surface area contributed by atoms with Crippen molar-refractivity contribution in [2.75, 3.05) is 0 Å². The molecule has 1 saturated carbocycles. The maximum Gasteiger partial charge on any atom is 0.326 e. The van der Waals surface area contributed by atoms with Crippen molar-refractivity contribution in [3.05, 3.63) is 0 Å². The lowest BCUT2D eigenvalue weighted by molar-refractivity contribution is -0.143. The molecule has 3 rings (SSSR count). The van der Waals surface area contributed by atoms with Gasteiger partial charge in [0.15, 0.2) is 0 Å². The van der Waals surface area contributed by atoms with E-state index in [-0.39, 0.29) is 23.8 Å². The van der Waals surface area contributed by atoms with Crippen molar-refractivity contribution in [2.24, 2.45) is 11.8 Å². The Bertz CT molecular complexity index is 354. The Labute approximate surface area is 100.0 Å². The Balaban J connectivity index is 1.60. The average molecular weight is 238 g/mol. The van der Waals surface area contributed by atoms with Gasteiger partial charge in [0.1, 0.15) is 6.04 Å². The smallest absolute Gasteiger partial charge is 0.326 e. The van der Waals surface area contributed by atoms with Crippen LogP contribution in [0.1, 0.15) is 32.1 Å². The highest BCUT2D eigenvalue weighted by atomic mass is 16.4. The first-order chi connectivity index (χ1) is 8.15. The molecular weight excluding hydrogens is 220 g/mol. The van der Waals surface area contributed by atoms with E-state index in [2.05, 4.69) is 10.6 Å². The normalized spacial score (nSPS) is 36.8. The van der Waals surface area contributed by atoms with Gasteiger partial charge in [-0.3, -0.25) is 4.79 Å². The number of amides is 1. The van der Waals surface area contributed by atoms with E-state index in [0.717, 1.165) is 32.1 Å². The second-order valence-electron chi connectivity index (χ2n) is 5.55. The van der Waals surface area contributed by atoms with Gasteiger partial charge in [-0.05, 0) is 38.0 Å². The highest BCUT2D eigenvalue weighted by molar-refractivity contribution is 5.86. The number of rotatable bonds is 4. The van der Waals surface area contributed by atoms with Gasteiger partial charge in [0.2, 0.25) is 5.91 Å². The lowest BCUT2D eigenvalue weighted by Gasteiger charge is -2.22. The van der Waals surface area contributed by atoms with Gasteiger partial charge in [0, 0.05) is 12.1 Å². The third-order valence-electron chi connectivity index (χ3n) is 4.29.